The number of nitrogens with one attached hydrogen (secondary N) is 2. The van der Waals surface area contributed by atoms with Crippen LogP contribution in [0.25, 0.3) is 0 Å². The van der Waals surface area contributed by atoms with Crippen LogP contribution >= 0.6 is 23.7 Å². The SMILES string of the molecule is Cl.O=C(NC1CCNCC1)C1CCCN1C(=O)c1ccc([N+](=O)[O-])s1. The zero-order valence-electron chi connectivity index (χ0n) is 13.6. The van der Waals surface area contributed by atoms with Gasteiger partial charge in [0.15, 0.2) is 0 Å². The van der Waals surface area contributed by atoms with Crippen molar-refractivity contribution in [3.05, 3.63) is 27.1 Å². The average Bonchev–Trinajstić information content (AvgIpc) is 3.25. The van der Waals surface area contributed by atoms with Crippen LogP contribution in [0, 0.1) is 10.1 Å². The fourth-order valence-corrected chi connectivity index (χ4v) is 4.00. The first-order valence-electron chi connectivity index (χ1n) is 8.12. The first-order valence-corrected chi connectivity index (χ1v) is 8.94. The van der Waals surface area contributed by atoms with E-state index in [-0.39, 0.29) is 35.3 Å². The van der Waals surface area contributed by atoms with Crippen LogP contribution in [0.4, 0.5) is 5.00 Å². The number of hydrogen-bond donors (Lipinski definition) is 2. The van der Waals surface area contributed by atoms with Crippen molar-refractivity contribution in [2.24, 2.45) is 0 Å². The molecule has 2 aliphatic heterocycles. The minimum absolute atomic E-state index is 0. The van der Waals surface area contributed by atoms with Gasteiger partial charge in [-0.25, -0.2) is 0 Å². The Morgan fingerprint density at radius 2 is 2.00 bits per heavy atom. The molecule has 0 saturated carbocycles. The van der Waals surface area contributed by atoms with Gasteiger partial charge in [-0.15, -0.1) is 12.4 Å². The largest absolute Gasteiger partial charge is 0.351 e. The van der Waals surface area contributed by atoms with Crippen molar-refractivity contribution in [3.8, 4) is 0 Å². The molecular formula is C15H21ClN4O4S. The van der Waals surface area contributed by atoms with Crippen LogP contribution < -0.4 is 10.6 Å². The molecule has 138 valence electrons. The Balaban J connectivity index is 0.00000225. The molecule has 0 radical (unpaired) electrons. The van der Waals surface area contributed by atoms with E-state index in [1.165, 1.54) is 12.1 Å². The summed E-state index contributed by atoms with van der Waals surface area (Å²) in [7, 11) is 0. The minimum atomic E-state index is -0.507. The van der Waals surface area contributed by atoms with Gasteiger partial charge in [-0.3, -0.25) is 19.7 Å². The summed E-state index contributed by atoms with van der Waals surface area (Å²) in [5, 5.41) is 17.0. The van der Waals surface area contributed by atoms with Crippen LogP contribution in [0.15, 0.2) is 12.1 Å². The highest BCUT2D eigenvalue weighted by Gasteiger charge is 2.36. The van der Waals surface area contributed by atoms with Gasteiger partial charge in [0.1, 0.15) is 6.04 Å². The van der Waals surface area contributed by atoms with Crippen molar-refractivity contribution in [1.29, 1.82) is 0 Å². The third-order valence-electron chi connectivity index (χ3n) is 4.48. The third kappa shape index (κ3) is 4.47. The number of carbonyl (C=O) groups excluding carboxylic acids is 2. The number of nitrogens with zero attached hydrogens (tertiary/aromatic N) is 2. The lowest BCUT2D eigenvalue weighted by Crippen LogP contribution is -2.50. The maximum atomic E-state index is 12.6. The molecule has 0 bridgehead atoms. The first-order chi connectivity index (χ1) is 11.6. The van der Waals surface area contributed by atoms with E-state index in [0.717, 1.165) is 43.7 Å². The number of carbonyl (C=O) groups is 2. The molecule has 2 aliphatic rings. The second kappa shape index (κ2) is 8.59. The molecule has 1 atom stereocenters. The van der Waals surface area contributed by atoms with Gasteiger partial charge in [0, 0.05) is 18.7 Å². The molecule has 3 rings (SSSR count). The number of likely N-dealkylation sites (tertiary alicyclic amines) is 1. The number of rotatable bonds is 4. The molecular weight excluding hydrogens is 368 g/mol. The highest BCUT2D eigenvalue weighted by Crippen LogP contribution is 2.28. The van der Waals surface area contributed by atoms with E-state index in [4.69, 9.17) is 0 Å². The van der Waals surface area contributed by atoms with Crippen LogP contribution in [0.5, 0.6) is 0 Å². The molecule has 25 heavy (non-hydrogen) atoms. The summed E-state index contributed by atoms with van der Waals surface area (Å²) in [6.45, 7) is 2.28. The Kier molecular flexibility index (Phi) is 6.74. The zero-order valence-corrected chi connectivity index (χ0v) is 15.2. The molecule has 2 amide bonds. The van der Waals surface area contributed by atoms with E-state index in [0.29, 0.717) is 17.8 Å². The molecule has 1 aromatic rings. The molecule has 2 saturated heterocycles. The average molecular weight is 389 g/mol. The van der Waals surface area contributed by atoms with Gasteiger partial charge >= 0.3 is 5.00 Å². The van der Waals surface area contributed by atoms with E-state index in [2.05, 4.69) is 10.6 Å². The van der Waals surface area contributed by atoms with Crippen molar-refractivity contribution >= 4 is 40.6 Å². The van der Waals surface area contributed by atoms with Crippen molar-refractivity contribution in [3.63, 3.8) is 0 Å². The lowest BCUT2D eigenvalue weighted by Gasteiger charge is -2.28. The fourth-order valence-electron chi connectivity index (χ4n) is 3.23. The van der Waals surface area contributed by atoms with Gasteiger partial charge in [0.25, 0.3) is 5.91 Å². The van der Waals surface area contributed by atoms with Crippen LogP contribution in [0.1, 0.15) is 35.4 Å². The van der Waals surface area contributed by atoms with Gasteiger partial charge in [0.05, 0.1) is 9.80 Å². The third-order valence-corrected chi connectivity index (χ3v) is 5.51. The van der Waals surface area contributed by atoms with Crippen LogP contribution in [-0.2, 0) is 4.79 Å². The summed E-state index contributed by atoms with van der Waals surface area (Å²) in [4.78, 5) is 37.3. The van der Waals surface area contributed by atoms with Gasteiger partial charge in [-0.2, -0.15) is 0 Å². The summed E-state index contributed by atoms with van der Waals surface area (Å²) in [5.41, 5.74) is 0. The lowest BCUT2D eigenvalue weighted by atomic mass is 10.1. The van der Waals surface area contributed by atoms with E-state index in [9.17, 15) is 19.7 Å². The molecule has 1 unspecified atom stereocenters. The number of thiophene rings is 1. The number of piperidine rings is 1. The predicted octanol–water partition coefficient (Wildman–Crippen LogP) is 1.55. The molecule has 1 aromatic heterocycles. The van der Waals surface area contributed by atoms with Crippen molar-refractivity contribution in [1.82, 2.24) is 15.5 Å². The number of hydrogen-bond acceptors (Lipinski definition) is 6. The van der Waals surface area contributed by atoms with E-state index in [1.807, 2.05) is 0 Å². The molecule has 0 aliphatic carbocycles. The Bertz CT molecular complexity index is 647. The second-order valence-electron chi connectivity index (χ2n) is 6.08. The summed E-state index contributed by atoms with van der Waals surface area (Å²) in [5.74, 6) is -0.408. The van der Waals surface area contributed by atoms with Gasteiger partial charge in [0.2, 0.25) is 5.91 Å². The van der Waals surface area contributed by atoms with Crippen LogP contribution in [0.2, 0.25) is 0 Å². The quantitative estimate of drug-likeness (QED) is 0.601. The predicted molar refractivity (Wildman–Crippen MR) is 96.3 cm³/mol. The standard InChI is InChI=1S/C15H20N4O4S.ClH/c20-14(17-10-5-7-16-8-6-10)11-2-1-9-18(11)15(21)12-3-4-13(24-12)19(22)23;/h3-4,10-11,16H,1-2,5-9H2,(H,17,20);1H. The van der Waals surface area contributed by atoms with Gasteiger partial charge in [-0.1, -0.05) is 11.3 Å². The van der Waals surface area contributed by atoms with Crippen molar-refractivity contribution < 1.29 is 14.5 Å². The Labute approximate surface area is 155 Å². The molecule has 0 spiro atoms. The minimum Gasteiger partial charge on any atom is -0.351 e. The highest BCUT2D eigenvalue weighted by molar-refractivity contribution is 7.17. The number of amides is 2. The molecule has 3 heterocycles. The maximum Gasteiger partial charge on any atom is 0.324 e. The van der Waals surface area contributed by atoms with Crippen LogP contribution in [-0.4, -0.2) is 53.4 Å². The summed E-state index contributed by atoms with van der Waals surface area (Å²) in [6, 6.07) is 2.47. The lowest BCUT2D eigenvalue weighted by molar-refractivity contribution is -0.380. The molecule has 2 N–H and O–H groups in total. The number of halogens is 1. The molecule has 2 fully saturated rings. The van der Waals surface area contributed by atoms with Crippen molar-refractivity contribution in [2.75, 3.05) is 19.6 Å². The smallest absolute Gasteiger partial charge is 0.324 e. The topological polar surface area (TPSA) is 105 Å². The monoisotopic (exact) mass is 388 g/mol. The fraction of sp³-hybridized carbons (Fsp3) is 0.600. The highest BCUT2D eigenvalue weighted by atomic mass is 35.5. The van der Waals surface area contributed by atoms with Crippen LogP contribution in [0.3, 0.4) is 0 Å². The Morgan fingerprint density at radius 1 is 1.28 bits per heavy atom. The zero-order chi connectivity index (χ0) is 17.1. The van der Waals surface area contributed by atoms with Gasteiger partial charge < -0.3 is 15.5 Å². The Morgan fingerprint density at radius 3 is 2.64 bits per heavy atom. The first kappa shape index (κ1) is 19.6. The summed E-state index contributed by atoms with van der Waals surface area (Å²) >= 11 is 0.855. The van der Waals surface area contributed by atoms with Gasteiger partial charge in [-0.05, 0) is 44.8 Å². The van der Waals surface area contributed by atoms with E-state index >= 15 is 0 Å². The maximum absolute atomic E-state index is 12.6. The molecule has 8 nitrogen and oxygen atoms in total. The number of nitro groups is 1. The summed E-state index contributed by atoms with van der Waals surface area (Å²) in [6.07, 6.45) is 3.19. The summed E-state index contributed by atoms with van der Waals surface area (Å²) < 4.78 is 0. The molecule has 10 heteroatoms. The second-order valence-corrected chi connectivity index (χ2v) is 7.15. The Hall–Kier alpha value is -1.71. The van der Waals surface area contributed by atoms with E-state index < -0.39 is 11.0 Å². The normalized spacial score (nSPS) is 20.8. The molecule has 0 aromatic carbocycles. The van der Waals surface area contributed by atoms with Crippen molar-refractivity contribution in [2.45, 2.75) is 37.8 Å². The van der Waals surface area contributed by atoms with E-state index in [1.54, 1.807) is 4.90 Å².